The summed E-state index contributed by atoms with van der Waals surface area (Å²) in [7, 11) is 0. The van der Waals surface area contributed by atoms with Gasteiger partial charge < -0.3 is 5.32 Å². The van der Waals surface area contributed by atoms with Gasteiger partial charge in [-0.25, -0.2) is 9.67 Å². The lowest BCUT2D eigenvalue weighted by molar-refractivity contribution is -0.150. The molecular weight excluding hydrogens is 436 g/mol. The molecule has 4 bridgehead atoms. The van der Waals surface area contributed by atoms with Gasteiger partial charge in [0.15, 0.2) is 5.78 Å². The number of amides is 1. The smallest absolute Gasteiger partial charge is 0.242 e. The van der Waals surface area contributed by atoms with Crippen LogP contribution in [0.2, 0.25) is 5.28 Å². The third-order valence-corrected chi connectivity index (χ3v) is 8.09. The quantitative estimate of drug-likeness (QED) is 0.537. The molecule has 7 heteroatoms. The van der Waals surface area contributed by atoms with E-state index in [9.17, 15) is 9.59 Å². The van der Waals surface area contributed by atoms with E-state index >= 15 is 0 Å². The Morgan fingerprint density at radius 1 is 0.970 bits per heavy atom. The van der Waals surface area contributed by atoms with Gasteiger partial charge in [0.25, 0.3) is 0 Å². The number of para-hydroxylation sites is 1. The van der Waals surface area contributed by atoms with Crippen LogP contribution in [-0.2, 0) is 10.3 Å². The van der Waals surface area contributed by atoms with E-state index in [1.165, 1.54) is 6.42 Å². The normalized spacial score (nSPS) is 29.7. The predicted molar refractivity (Wildman–Crippen MR) is 125 cm³/mol. The Kier molecular flexibility index (Phi) is 4.70. The first-order valence-electron chi connectivity index (χ1n) is 11.5. The van der Waals surface area contributed by atoms with Crippen molar-refractivity contribution in [3.05, 3.63) is 77.3 Å². The van der Waals surface area contributed by atoms with E-state index in [1.54, 1.807) is 24.5 Å². The molecule has 2 aromatic carbocycles. The van der Waals surface area contributed by atoms with Crippen LogP contribution in [0.25, 0.3) is 0 Å². The highest BCUT2D eigenvalue weighted by Gasteiger charge is 2.61. The predicted octanol–water partition coefficient (Wildman–Crippen LogP) is 5.10. The summed E-state index contributed by atoms with van der Waals surface area (Å²) in [6, 6.07) is 16.5. The molecule has 4 atom stereocenters. The monoisotopic (exact) mass is 460 g/mol. The molecule has 4 aliphatic rings. The van der Waals surface area contributed by atoms with Crippen LogP contribution in [-0.4, -0.2) is 26.5 Å². The molecule has 1 amide bonds. The van der Waals surface area contributed by atoms with Crippen molar-refractivity contribution in [3.8, 4) is 0 Å². The maximum Gasteiger partial charge on any atom is 0.242 e. The number of nitrogens with one attached hydrogen (secondary N) is 1. The zero-order valence-corrected chi connectivity index (χ0v) is 19.0. The van der Waals surface area contributed by atoms with Gasteiger partial charge in [-0.05, 0) is 74.1 Å². The van der Waals surface area contributed by atoms with Crippen LogP contribution in [0, 0.1) is 17.3 Å². The van der Waals surface area contributed by atoms with Gasteiger partial charge in [0, 0.05) is 11.1 Å². The highest BCUT2D eigenvalue weighted by Crippen LogP contribution is 2.64. The van der Waals surface area contributed by atoms with E-state index < -0.39 is 5.41 Å². The molecule has 3 aromatic rings. The summed E-state index contributed by atoms with van der Waals surface area (Å²) < 4.78 is 1.92. The number of carbonyl (C=O) groups is 2. The summed E-state index contributed by atoms with van der Waals surface area (Å²) >= 11 is 6.05. The van der Waals surface area contributed by atoms with Crippen LogP contribution >= 0.6 is 11.6 Å². The Hall–Kier alpha value is -2.99. The second kappa shape index (κ2) is 7.52. The first kappa shape index (κ1) is 20.6. The minimum absolute atomic E-state index is 0.0144. The first-order valence-corrected chi connectivity index (χ1v) is 11.9. The third-order valence-electron chi connectivity index (χ3n) is 7.92. The summed E-state index contributed by atoms with van der Waals surface area (Å²) in [6.07, 6.45) is 7.41. The molecule has 7 rings (SSSR count). The number of carbonyl (C=O) groups excluding carboxylic acids is 2. The van der Waals surface area contributed by atoms with Gasteiger partial charge in [0.1, 0.15) is 6.33 Å². The number of anilines is 1. The third kappa shape index (κ3) is 3.39. The molecule has 0 spiro atoms. The van der Waals surface area contributed by atoms with Crippen molar-refractivity contribution in [2.45, 2.75) is 44.1 Å². The van der Waals surface area contributed by atoms with E-state index in [0.29, 0.717) is 28.7 Å². The van der Waals surface area contributed by atoms with E-state index in [4.69, 9.17) is 11.6 Å². The van der Waals surface area contributed by atoms with Crippen LogP contribution in [0.1, 0.15) is 54.4 Å². The number of rotatable bonds is 5. The molecule has 0 radical (unpaired) electrons. The highest BCUT2D eigenvalue weighted by molar-refractivity contribution is 6.28. The first-order chi connectivity index (χ1) is 16.0. The van der Waals surface area contributed by atoms with Crippen molar-refractivity contribution in [3.63, 3.8) is 0 Å². The molecule has 0 aliphatic heterocycles. The minimum Gasteiger partial charge on any atom is -0.325 e. The molecule has 4 saturated carbocycles. The Bertz CT molecular complexity index is 1220. The molecule has 1 heterocycles. The Morgan fingerprint density at radius 2 is 1.67 bits per heavy atom. The van der Waals surface area contributed by atoms with Crippen LogP contribution in [0.5, 0.6) is 0 Å². The average Bonchev–Trinajstić information content (AvgIpc) is 3.26. The molecule has 1 N–H and O–H groups in total. The van der Waals surface area contributed by atoms with Gasteiger partial charge in [0.05, 0.1) is 16.6 Å². The van der Waals surface area contributed by atoms with Crippen molar-refractivity contribution in [2.24, 2.45) is 17.3 Å². The molecule has 6 nitrogen and oxygen atoms in total. The molecule has 1 aromatic heterocycles. The standard InChI is InChI=1S/C26H25ClN4O2/c27-24-28-16-31(30-24)26-13-17-10-18(14-26)12-25(11-17,15-26)23(33)29-21-9-5-4-8-20(21)22(32)19-6-2-1-3-7-19/h1-9,16-18H,10-15H2,(H,29,33)/t17-,18+,25?,26?. The van der Waals surface area contributed by atoms with E-state index in [-0.39, 0.29) is 22.5 Å². The van der Waals surface area contributed by atoms with Crippen molar-refractivity contribution >= 4 is 29.0 Å². The van der Waals surface area contributed by atoms with Crippen LogP contribution in [0.15, 0.2) is 60.9 Å². The van der Waals surface area contributed by atoms with Crippen molar-refractivity contribution < 1.29 is 9.59 Å². The molecule has 4 aliphatic carbocycles. The maximum absolute atomic E-state index is 13.9. The van der Waals surface area contributed by atoms with E-state index in [0.717, 1.165) is 32.1 Å². The second-order valence-electron chi connectivity index (χ2n) is 10.1. The van der Waals surface area contributed by atoms with Gasteiger partial charge in [0.2, 0.25) is 11.2 Å². The lowest BCUT2D eigenvalue weighted by Crippen LogP contribution is -2.60. The zero-order valence-electron chi connectivity index (χ0n) is 18.2. The maximum atomic E-state index is 13.9. The lowest BCUT2D eigenvalue weighted by atomic mass is 9.46. The summed E-state index contributed by atoms with van der Waals surface area (Å²) in [6.45, 7) is 0. The van der Waals surface area contributed by atoms with Crippen molar-refractivity contribution in [1.82, 2.24) is 14.8 Å². The van der Waals surface area contributed by atoms with Crippen molar-refractivity contribution in [2.75, 3.05) is 5.32 Å². The fourth-order valence-corrected chi connectivity index (χ4v) is 7.13. The number of benzene rings is 2. The van der Waals surface area contributed by atoms with Crippen LogP contribution in [0.4, 0.5) is 5.69 Å². The fraction of sp³-hybridized carbons (Fsp3) is 0.385. The summed E-state index contributed by atoms with van der Waals surface area (Å²) in [4.78, 5) is 31.2. The van der Waals surface area contributed by atoms with E-state index in [2.05, 4.69) is 15.4 Å². The van der Waals surface area contributed by atoms with Gasteiger partial charge in [-0.15, -0.1) is 5.10 Å². The fourth-order valence-electron chi connectivity index (χ4n) is 7.01. The molecule has 4 fully saturated rings. The average molecular weight is 461 g/mol. The van der Waals surface area contributed by atoms with Gasteiger partial charge in [-0.2, -0.15) is 0 Å². The number of hydrogen-bond acceptors (Lipinski definition) is 4. The highest BCUT2D eigenvalue weighted by atomic mass is 35.5. The molecule has 0 saturated heterocycles. The van der Waals surface area contributed by atoms with Gasteiger partial charge in [-0.3, -0.25) is 9.59 Å². The summed E-state index contributed by atoms with van der Waals surface area (Å²) in [5, 5.41) is 7.85. The lowest BCUT2D eigenvalue weighted by Gasteiger charge is -2.60. The Labute approximate surface area is 197 Å². The van der Waals surface area contributed by atoms with Crippen LogP contribution in [0.3, 0.4) is 0 Å². The van der Waals surface area contributed by atoms with Gasteiger partial charge >= 0.3 is 0 Å². The molecular formula is C26H25ClN4O2. The molecule has 168 valence electrons. The Morgan fingerprint density at radius 3 is 2.36 bits per heavy atom. The van der Waals surface area contributed by atoms with Crippen LogP contribution < -0.4 is 5.32 Å². The van der Waals surface area contributed by atoms with Gasteiger partial charge in [-0.1, -0.05) is 42.5 Å². The van der Waals surface area contributed by atoms with Crippen molar-refractivity contribution in [1.29, 1.82) is 0 Å². The second-order valence-corrected chi connectivity index (χ2v) is 10.5. The Balaban J connectivity index is 1.31. The topological polar surface area (TPSA) is 76.9 Å². The number of hydrogen-bond donors (Lipinski definition) is 1. The zero-order chi connectivity index (χ0) is 22.6. The SMILES string of the molecule is O=C(c1ccccc1)c1ccccc1NC(=O)C12C[C@H]3C[C@@H](C1)CC(n1cnc(Cl)n1)(C3)C2. The van der Waals surface area contributed by atoms with E-state index in [1.807, 2.05) is 41.1 Å². The number of nitrogens with zero attached hydrogens (tertiary/aromatic N) is 3. The number of ketones is 1. The molecule has 33 heavy (non-hydrogen) atoms. The summed E-state index contributed by atoms with van der Waals surface area (Å²) in [5.74, 6) is 0.897. The summed E-state index contributed by atoms with van der Waals surface area (Å²) in [5.41, 5.74) is 1.02. The minimum atomic E-state index is -0.467. The largest absolute Gasteiger partial charge is 0.325 e. The molecule has 2 unspecified atom stereocenters. The number of aromatic nitrogens is 3. The number of halogens is 1.